The average Bonchev–Trinajstić information content (AvgIpc) is 2.59. The van der Waals surface area contributed by atoms with Crippen molar-refractivity contribution in [3.8, 4) is 0 Å². The zero-order valence-corrected chi connectivity index (χ0v) is 15.6. The van der Waals surface area contributed by atoms with E-state index in [0.717, 1.165) is 27.7 Å². The molecule has 0 amide bonds. The summed E-state index contributed by atoms with van der Waals surface area (Å²) in [5, 5.41) is 4.10. The third-order valence-corrected chi connectivity index (χ3v) is 4.11. The van der Waals surface area contributed by atoms with Crippen LogP contribution in [-0.4, -0.2) is 22.5 Å². The molecule has 2 aromatic heterocycles. The Balaban J connectivity index is 2.11. The van der Waals surface area contributed by atoms with Gasteiger partial charge in [-0.05, 0) is 43.7 Å². The number of hydrogen-bond acceptors (Lipinski definition) is 5. The molecule has 0 unspecified atom stereocenters. The number of rotatable bonds is 5. The SMILES string of the molecule is CCCOC(=O)c1cnc2nc(C)ccc2c1Nc1cccc(Br)c1. The first kappa shape index (κ1) is 17.4. The smallest absolute Gasteiger partial charge is 0.341 e. The fourth-order valence-corrected chi connectivity index (χ4v) is 2.84. The van der Waals surface area contributed by atoms with E-state index < -0.39 is 5.97 Å². The molecule has 128 valence electrons. The zero-order valence-electron chi connectivity index (χ0n) is 14.0. The van der Waals surface area contributed by atoms with Gasteiger partial charge in [0, 0.05) is 27.4 Å². The van der Waals surface area contributed by atoms with Gasteiger partial charge in [-0.25, -0.2) is 14.8 Å². The van der Waals surface area contributed by atoms with Crippen LogP contribution >= 0.6 is 15.9 Å². The molecule has 0 aliphatic rings. The third kappa shape index (κ3) is 3.96. The minimum absolute atomic E-state index is 0.374. The van der Waals surface area contributed by atoms with Crippen molar-refractivity contribution in [3.63, 3.8) is 0 Å². The number of carbonyl (C=O) groups excluding carboxylic acids is 1. The Morgan fingerprint density at radius 3 is 2.88 bits per heavy atom. The fraction of sp³-hybridized carbons (Fsp3) is 0.211. The monoisotopic (exact) mass is 399 g/mol. The molecule has 0 saturated carbocycles. The van der Waals surface area contributed by atoms with E-state index in [4.69, 9.17) is 4.74 Å². The summed E-state index contributed by atoms with van der Waals surface area (Å²) >= 11 is 3.46. The van der Waals surface area contributed by atoms with Gasteiger partial charge in [-0.15, -0.1) is 0 Å². The van der Waals surface area contributed by atoms with Crippen LogP contribution in [0.1, 0.15) is 29.4 Å². The van der Waals surface area contributed by atoms with E-state index >= 15 is 0 Å². The van der Waals surface area contributed by atoms with E-state index in [1.807, 2.05) is 50.2 Å². The van der Waals surface area contributed by atoms with Gasteiger partial charge in [0.1, 0.15) is 5.56 Å². The van der Waals surface area contributed by atoms with Gasteiger partial charge in [0.05, 0.1) is 12.3 Å². The Bertz CT molecular complexity index is 928. The molecule has 0 fully saturated rings. The van der Waals surface area contributed by atoms with Crippen LogP contribution in [-0.2, 0) is 4.74 Å². The molecule has 5 nitrogen and oxygen atoms in total. The highest BCUT2D eigenvalue weighted by atomic mass is 79.9. The lowest BCUT2D eigenvalue weighted by molar-refractivity contribution is 0.0506. The number of carbonyl (C=O) groups is 1. The van der Waals surface area contributed by atoms with Gasteiger partial charge in [0.15, 0.2) is 5.65 Å². The first-order valence-electron chi connectivity index (χ1n) is 8.04. The van der Waals surface area contributed by atoms with E-state index in [9.17, 15) is 4.79 Å². The number of hydrogen-bond donors (Lipinski definition) is 1. The summed E-state index contributed by atoms with van der Waals surface area (Å²) in [6.07, 6.45) is 2.29. The molecular formula is C19H18BrN3O2. The van der Waals surface area contributed by atoms with Gasteiger partial charge in [0.2, 0.25) is 0 Å². The molecule has 2 heterocycles. The number of esters is 1. The van der Waals surface area contributed by atoms with Gasteiger partial charge in [0.25, 0.3) is 0 Å². The fourth-order valence-electron chi connectivity index (χ4n) is 2.44. The first-order chi connectivity index (χ1) is 12.1. The molecule has 0 bridgehead atoms. The van der Waals surface area contributed by atoms with Crippen LogP contribution < -0.4 is 5.32 Å². The third-order valence-electron chi connectivity index (χ3n) is 3.62. The molecule has 0 aliphatic carbocycles. The van der Waals surface area contributed by atoms with Crippen LogP contribution in [0, 0.1) is 6.92 Å². The molecule has 1 N–H and O–H groups in total. The van der Waals surface area contributed by atoms with Crippen molar-refractivity contribution in [2.75, 3.05) is 11.9 Å². The van der Waals surface area contributed by atoms with Crippen molar-refractivity contribution in [2.24, 2.45) is 0 Å². The van der Waals surface area contributed by atoms with Crippen LogP contribution in [0.25, 0.3) is 11.0 Å². The number of fused-ring (bicyclic) bond motifs is 1. The molecule has 0 spiro atoms. The second-order valence-electron chi connectivity index (χ2n) is 5.64. The van der Waals surface area contributed by atoms with Crippen LogP contribution in [0.4, 0.5) is 11.4 Å². The average molecular weight is 400 g/mol. The summed E-state index contributed by atoms with van der Waals surface area (Å²) < 4.78 is 6.25. The van der Waals surface area contributed by atoms with Gasteiger partial charge >= 0.3 is 5.97 Å². The number of anilines is 2. The lowest BCUT2D eigenvalue weighted by Gasteiger charge is -2.14. The number of halogens is 1. The Morgan fingerprint density at radius 2 is 2.12 bits per heavy atom. The van der Waals surface area contributed by atoms with Crippen LogP contribution in [0.3, 0.4) is 0 Å². The van der Waals surface area contributed by atoms with E-state index in [2.05, 4.69) is 31.2 Å². The van der Waals surface area contributed by atoms with Crippen molar-refractivity contribution < 1.29 is 9.53 Å². The van der Waals surface area contributed by atoms with Crippen LogP contribution in [0.2, 0.25) is 0 Å². The normalized spacial score (nSPS) is 10.7. The molecule has 1 aromatic carbocycles. The number of pyridine rings is 2. The molecule has 0 aliphatic heterocycles. The first-order valence-corrected chi connectivity index (χ1v) is 8.84. The second kappa shape index (κ2) is 7.61. The molecule has 6 heteroatoms. The topological polar surface area (TPSA) is 64.1 Å². The maximum absolute atomic E-state index is 12.5. The zero-order chi connectivity index (χ0) is 17.8. The molecule has 0 saturated heterocycles. The number of benzene rings is 1. The van der Waals surface area contributed by atoms with Crippen LogP contribution in [0.15, 0.2) is 47.1 Å². The van der Waals surface area contributed by atoms with E-state index in [1.165, 1.54) is 6.20 Å². The minimum atomic E-state index is -0.394. The predicted molar refractivity (Wildman–Crippen MR) is 102 cm³/mol. The molecule has 0 atom stereocenters. The number of ether oxygens (including phenoxy) is 1. The van der Waals surface area contributed by atoms with E-state index in [0.29, 0.717) is 23.5 Å². The Morgan fingerprint density at radius 1 is 1.28 bits per heavy atom. The van der Waals surface area contributed by atoms with Gasteiger partial charge in [-0.1, -0.05) is 28.9 Å². The largest absolute Gasteiger partial charge is 0.462 e. The summed E-state index contributed by atoms with van der Waals surface area (Å²) in [7, 11) is 0. The van der Waals surface area contributed by atoms with Gasteiger partial charge in [-0.2, -0.15) is 0 Å². The summed E-state index contributed by atoms with van der Waals surface area (Å²) in [6.45, 7) is 4.24. The summed E-state index contributed by atoms with van der Waals surface area (Å²) in [5.74, 6) is -0.394. The Hall–Kier alpha value is -2.47. The standard InChI is InChI=1S/C19H18BrN3O2/c1-3-9-25-19(24)16-11-21-18-15(8-7-12(2)22-18)17(16)23-14-6-4-5-13(20)10-14/h4-8,10-11H,3,9H2,1-2H3,(H,21,22,23). The number of nitrogens with zero attached hydrogens (tertiary/aromatic N) is 2. The lowest BCUT2D eigenvalue weighted by atomic mass is 10.1. The number of nitrogens with one attached hydrogen (secondary N) is 1. The lowest BCUT2D eigenvalue weighted by Crippen LogP contribution is -2.10. The minimum Gasteiger partial charge on any atom is -0.462 e. The molecule has 0 radical (unpaired) electrons. The second-order valence-corrected chi connectivity index (χ2v) is 6.56. The van der Waals surface area contributed by atoms with Gasteiger partial charge < -0.3 is 10.1 Å². The van der Waals surface area contributed by atoms with Crippen molar-refractivity contribution in [1.82, 2.24) is 9.97 Å². The van der Waals surface area contributed by atoms with Crippen molar-refractivity contribution in [1.29, 1.82) is 0 Å². The maximum Gasteiger partial charge on any atom is 0.341 e. The molecule has 25 heavy (non-hydrogen) atoms. The predicted octanol–water partition coefficient (Wildman–Crippen LogP) is 5.01. The maximum atomic E-state index is 12.5. The highest BCUT2D eigenvalue weighted by molar-refractivity contribution is 9.10. The molecule has 3 rings (SSSR count). The van der Waals surface area contributed by atoms with E-state index in [1.54, 1.807) is 0 Å². The van der Waals surface area contributed by atoms with E-state index in [-0.39, 0.29) is 0 Å². The van der Waals surface area contributed by atoms with Crippen molar-refractivity contribution in [3.05, 3.63) is 58.3 Å². The quantitative estimate of drug-likeness (QED) is 0.610. The highest BCUT2D eigenvalue weighted by Gasteiger charge is 2.18. The summed E-state index contributed by atoms with van der Waals surface area (Å²) in [5.41, 5.74) is 3.36. The Labute approximate surface area is 154 Å². The van der Waals surface area contributed by atoms with Crippen LogP contribution in [0.5, 0.6) is 0 Å². The highest BCUT2D eigenvalue weighted by Crippen LogP contribution is 2.30. The number of aryl methyl sites for hydroxylation is 1. The van der Waals surface area contributed by atoms with Crippen molar-refractivity contribution >= 4 is 44.3 Å². The summed E-state index contributed by atoms with van der Waals surface area (Å²) in [6, 6.07) is 11.6. The molecule has 3 aromatic rings. The van der Waals surface area contributed by atoms with Gasteiger partial charge in [-0.3, -0.25) is 0 Å². The summed E-state index contributed by atoms with van der Waals surface area (Å²) in [4.78, 5) is 21.2. The van der Waals surface area contributed by atoms with Crippen molar-refractivity contribution in [2.45, 2.75) is 20.3 Å². The Kier molecular flexibility index (Phi) is 5.28. The molecular weight excluding hydrogens is 382 g/mol. The number of aromatic nitrogens is 2.